The minimum Gasteiger partial charge on any atom is -0.467 e. The van der Waals surface area contributed by atoms with E-state index in [1.807, 2.05) is 12.1 Å². The van der Waals surface area contributed by atoms with Gasteiger partial charge in [0, 0.05) is 18.8 Å². The molecule has 3 heterocycles. The van der Waals surface area contributed by atoms with Crippen molar-refractivity contribution >= 4 is 15.9 Å². The fraction of sp³-hybridized carbons (Fsp3) is 0.583. The van der Waals surface area contributed by atoms with Gasteiger partial charge in [-0.05, 0) is 70.4 Å². The van der Waals surface area contributed by atoms with E-state index in [1.54, 1.807) is 29.3 Å². The normalized spacial score (nSPS) is 18.3. The maximum Gasteiger partial charge on any atom is 0.248 e. The largest absolute Gasteiger partial charge is 0.467 e. The van der Waals surface area contributed by atoms with E-state index in [4.69, 9.17) is 4.42 Å². The highest BCUT2D eigenvalue weighted by Gasteiger charge is 2.33. The summed E-state index contributed by atoms with van der Waals surface area (Å²) < 4.78 is 35.4. The van der Waals surface area contributed by atoms with Crippen LogP contribution in [0.4, 0.5) is 0 Å². The second kappa shape index (κ2) is 9.85. The van der Waals surface area contributed by atoms with Crippen LogP contribution in [-0.4, -0.2) is 46.4 Å². The Bertz CT molecular complexity index is 1110. The first-order chi connectivity index (χ1) is 15.8. The van der Waals surface area contributed by atoms with Crippen LogP contribution >= 0.6 is 0 Å². The van der Waals surface area contributed by atoms with Gasteiger partial charge in [-0.3, -0.25) is 9.48 Å². The van der Waals surface area contributed by atoms with Crippen LogP contribution in [0.15, 0.2) is 39.5 Å². The van der Waals surface area contributed by atoms with Gasteiger partial charge >= 0.3 is 0 Å². The maximum atomic E-state index is 13.4. The van der Waals surface area contributed by atoms with Crippen molar-refractivity contribution in [2.24, 2.45) is 5.92 Å². The summed E-state index contributed by atoms with van der Waals surface area (Å²) in [5.41, 5.74) is 1.95. The molecule has 33 heavy (non-hydrogen) atoms. The number of hydrogen-bond acceptors (Lipinski definition) is 5. The van der Waals surface area contributed by atoms with Crippen LogP contribution in [0.2, 0.25) is 0 Å². The molecule has 0 atom stereocenters. The molecule has 0 bridgehead atoms. The first-order valence-corrected chi connectivity index (χ1v) is 13.3. The molecule has 0 saturated carbocycles. The summed E-state index contributed by atoms with van der Waals surface area (Å²) in [5, 5.41) is 4.47. The van der Waals surface area contributed by atoms with Gasteiger partial charge in [0.1, 0.15) is 17.2 Å². The molecule has 0 spiro atoms. The lowest BCUT2D eigenvalue weighted by atomic mass is 10.0. The predicted octanol–water partition coefficient (Wildman–Crippen LogP) is 4.00. The summed E-state index contributed by atoms with van der Waals surface area (Å²) in [5.74, 6) is 1.12. The molecule has 1 saturated heterocycles. The van der Waals surface area contributed by atoms with Crippen molar-refractivity contribution in [1.82, 2.24) is 19.0 Å². The number of aromatic nitrogens is 2. The van der Waals surface area contributed by atoms with Gasteiger partial charge in [-0.25, -0.2) is 8.42 Å². The van der Waals surface area contributed by atoms with Crippen molar-refractivity contribution in [3.8, 4) is 0 Å². The van der Waals surface area contributed by atoms with E-state index >= 15 is 0 Å². The van der Waals surface area contributed by atoms with Crippen molar-refractivity contribution in [1.29, 1.82) is 0 Å². The van der Waals surface area contributed by atoms with Crippen molar-refractivity contribution in [2.45, 2.75) is 77.3 Å². The minimum atomic E-state index is -3.64. The number of piperidine rings is 1. The minimum absolute atomic E-state index is 0.0166. The van der Waals surface area contributed by atoms with Gasteiger partial charge in [0.25, 0.3) is 0 Å². The molecule has 0 radical (unpaired) electrons. The van der Waals surface area contributed by atoms with Crippen LogP contribution in [0.25, 0.3) is 0 Å². The Balaban J connectivity index is 1.57. The number of carbonyl (C=O) groups is 1. The van der Waals surface area contributed by atoms with Crippen LogP contribution in [0, 0.1) is 19.8 Å². The highest BCUT2D eigenvalue weighted by Crippen LogP contribution is 2.28. The monoisotopic (exact) mass is 474 g/mol. The third kappa shape index (κ3) is 5.09. The molecule has 8 nitrogen and oxygen atoms in total. The third-order valence-corrected chi connectivity index (χ3v) is 8.90. The average Bonchev–Trinajstić information content (AvgIpc) is 3.40. The Kier molecular flexibility index (Phi) is 7.09. The zero-order valence-electron chi connectivity index (χ0n) is 19.8. The van der Waals surface area contributed by atoms with Gasteiger partial charge in [-0.15, -0.1) is 0 Å². The second-order valence-corrected chi connectivity index (χ2v) is 11.1. The summed E-state index contributed by atoms with van der Waals surface area (Å²) in [7, 11) is -3.64. The smallest absolute Gasteiger partial charge is 0.248 e. The number of rotatable bonds is 7. The van der Waals surface area contributed by atoms with Crippen molar-refractivity contribution in [3.05, 3.63) is 47.3 Å². The standard InChI is InChI=1S/C24H34N4O4S/c1-18-11-13-26(14-12-18)33(30,31)24-19(2)25-28(20(24)3)17-23(29)27(16-22-10-7-15-32-22)21-8-5-4-6-9-21/h7-8,10,15,18H,4-6,9,11-14,16-17H2,1-3H3. The number of furan rings is 1. The lowest BCUT2D eigenvalue weighted by Crippen LogP contribution is -2.38. The molecular formula is C24H34N4O4S. The summed E-state index contributed by atoms with van der Waals surface area (Å²) in [6.45, 7) is 6.99. The Morgan fingerprint density at radius 1 is 1.24 bits per heavy atom. The average molecular weight is 475 g/mol. The van der Waals surface area contributed by atoms with Gasteiger partial charge in [-0.1, -0.05) is 13.0 Å². The van der Waals surface area contributed by atoms with Crippen LogP contribution in [0.1, 0.15) is 62.6 Å². The third-order valence-electron chi connectivity index (χ3n) is 6.75. The molecule has 1 aliphatic heterocycles. The first-order valence-electron chi connectivity index (χ1n) is 11.8. The molecular weight excluding hydrogens is 440 g/mol. The lowest BCUT2D eigenvalue weighted by Gasteiger charge is -2.29. The summed E-state index contributed by atoms with van der Waals surface area (Å²) in [6.07, 6.45) is 9.42. The Morgan fingerprint density at radius 2 is 2.00 bits per heavy atom. The lowest BCUT2D eigenvalue weighted by molar-refractivity contribution is -0.131. The number of nitrogens with zero attached hydrogens (tertiary/aromatic N) is 4. The van der Waals surface area contributed by atoms with E-state index < -0.39 is 10.0 Å². The molecule has 0 N–H and O–H groups in total. The number of hydrogen-bond donors (Lipinski definition) is 0. The van der Waals surface area contributed by atoms with E-state index in [0.717, 1.165) is 44.2 Å². The van der Waals surface area contributed by atoms with E-state index in [9.17, 15) is 13.2 Å². The fourth-order valence-corrected chi connectivity index (χ4v) is 6.59. The second-order valence-electron chi connectivity index (χ2n) is 9.24. The van der Waals surface area contributed by atoms with Crippen LogP contribution in [0.5, 0.6) is 0 Å². The van der Waals surface area contributed by atoms with Crippen molar-refractivity contribution < 1.29 is 17.6 Å². The number of carbonyl (C=O) groups excluding carboxylic acids is 1. The van der Waals surface area contributed by atoms with Crippen LogP contribution in [0.3, 0.4) is 0 Å². The van der Waals surface area contributed by atoms with Gasteiger partial charge < -0.3 is 9.32 Å². The summed E-state index contributed by atoms with van der Waals surface area (Å²) in [6, 6.07) is 3.67. The molecule has 0 aromatic carbocycles. The molecule has 1 amide bonds. The van der Waals surface area contributed by atoms with Gasteiger partial charge in [0.2, 0.25) is 15.9 Å². The highest BCUT2D eigenvalue weighted by molar-refractivity contribution is 7.89. The van der Waals surface area contributed by atoms with E-state index in [0.29, 0.717) is 42.7 Å². The SMILES string of the molecule is Cc1nn(CC(=O)N(Cc2ccco2)C2=CCCCC2)c(C)c1S(=O)(=O)N1CCC(C)CC1. The van der Waals surface area contributed by atoms with Crippen molar-refractivity contribution in [2.75, 3.05) is 13.1 Å². The zero-order valence-corrected chi connectivity index (χ0v) is 20.6. The van der Waals surface area contributed by atoms with E-state index in [2.05, 4.69) is 18.1 Å². The number of aryl methyl sites for hydroxylation is 1. The zero-order chi connectivity index (χ0) is 23.6. The quantitative estimate of drug-likeness (QED) is 0.605. The molecule has 9 heteroatoms. The molecule has 2 aliphatic rings. The molecule has 180 valence electrons. The van der Waals surface area contributed by atoms with Crippen LogP contribution < -0.4 is 0 Å². The van der Waals surface area contributed by atoms with Crippen molar-refractivity contribution in [3.63, 3.8) is 0 Å². The number of allylic oxidation sites excluding steroid dienone is 2. The summed E-state index contributed by atoms with van der Waals surface area (Å²) >= 11 is 0. The fourth-order valence-electron chi connectivity index (χ4n) is 4.75. The molecule has 1 fully saturated rings. The van der Waals surface area contributed by atoms with Gasteiger partial charge in [-0.2, -0.15) is 9.40 Å². The Morgan fingerprint density at radius 3 is 2.64 bits per heavy atom. The molecule has 2 aromatic rings. The topological polar surface area (TPSA) is 88.6 Å². The molecule has 4 rings (SSSR count). The number of amides is 1. The first kappa shape index (κ1) is 23.8. The molecule has 2 aromatic heterocycles. The molecule has 0 unspecified atom stereocenters. The van der Waals surface area contributed by atoms with E-state index in [-0.39, 0.29) is 17.3 Å². The number of sulfonamides is 1. The van der Waals surface area contributed by atoms with Crippen LogP contribution in [-0.2, 0) is 27.9 Å². The highest BCUT2D eigenvalue weighted by atomic mass is 32.2. The predicted molar refractivity (Wildman–Crippen MR) is 125 cm³/mol. The van der Waals surface area contributed by atoms with Gasteiger partial charge in [0.15, 0.2) is 0 Å². The maximum absolute atomic E-state index is 13.4. The summed E-state index contributed by atoms with van der Waals surface area (Å²) in [4.78, 5) is 15.4. The molecule has 1 aliphatic carbocycles. The van der Waals surface area contributed by atoms with Gasteiger partial charge in [0.05, 0.1) is 24.2 Å². The van der Waals surface area contributed by atoms with E-state index in [1.165, 1.54) is 4.68 Å². The Hall–Kier alpha value is -2.39. The Labute approximate surface area is 196 Å².